The minimum absolute atomic E-state index is 0.458. The highest BCUT2D eigenvalue weighted by molar-refractivity contribution is 5.51. The number of hydrogen-bond donors (Lipinski definition) is 1. The summed E-state index contributed by atoms with van der Waals surface area (Å²) in [5.74, 6) is 0. The van der Waals surface area contributed by atoms with Crippen LogP contribution in [0.4, 0.5) is 0 Å². The van der Waals surface area contributed by atoms with Gasteiger partial charge < -0.3 is 10.1 Å². The van der Waals surface area contributed by atoms with Crippen molar-refractivity contribution in [3.63, 3.8) is 0 Å². The third-order valence-corrected chi connectivity index (χ3v) is 0.287. The van der Waals surface area contributed by atoms with Gasteiger partial charge in [0, 0.05) is 0 Å². The van der Waals surface area contributed by atoms with Crippen LogP contribution >= 0.6 is 0 Å². The lowest BCUT2D eigenvalue weighted by Gasteiger charge is -1.75. The van der Waals surface area contributed by atoms with Crippen molar-refractivity contribution in [1.82, 2.24) is 5.32 Å². The Morgan fingerprint density at radius 2 is 2.60 bits per heavy atom. The largest absolute Gasteiger partial charge is 0.313 e. The third-order valence-electron chi connectivity index (χ3n) is 0.287. The summed E-state index contributed by atoms with van der Waals surface area (Å²) in [5, 5.41) is 2.65. The van der Waals surface area contributed by atoms with Crippen LogP contribution in [0.25, 0.3) is 0 Å². The molecule has 1 N–H and O–H groups in total. The molecule has 0 aliphatic rings. The van der Waals surface area contributed by atoms with E-state index < -0.39 is 0 Å². The zero-order chi connectivity index (χ0) is 4.12. The van der Waals surface area contributed by atoms with E-state index >= 15 is 0 Å². The highest BCUT2D eigenvalue weighted by Crippen LogP contribution is 1.32. The third kappa shape index (κ3) is 3.63. The van der Waals surface area contributed by atoms with E-state index in [0.29, 0.717) is 6.54 Å². The molecular weight excluding hydrogens is 66.0 g/mol. The highest BCUT2D eigenvalue weighted by Gasteiger charge is 1.62. The molecule has 0 spiro atoms. The minimum atomic E-state index is 0.458. The smallest absolute Gasteiger partial charge is 0.133 e. The first-order valence-electron chi connectivity index (χ1n) is 1.50. The fraction of sp³-hybridized carbons (Fsp3) is 0.667. The molecule has 0 saturated carbocycles. The normalized spacial score (nSPS) is 7.40. The minimum Gasteiger partial charge on any atom is -0.313 e. The molecule has 0 aliphatic carbocycles. The maximum Gasteiger partial charge on any atom is 0.133 e. The molecule has 5 heavy (non-hydrogen) atoms. The van der Waals surface area contributed by atoms with Crippen LogP contribution in [0.1, 0.15) is 0 Å². The zero-order valence-corrected chi connectivity index (χ0v) is 3.19. The second-order valence-electron chi connectivity index (χ2n) is 0.724. The number of carbonyl (C=O) groups excluding carboxylic acids is 1. The Kier molecular flexibility index (Phi) is 3.36. The molecule has 0 fully saturated rings. The summed E-state index contributed by atoms with van der Waals surface area (Å²) in [7, 11) is 1.73. The van der Waals surface area contributed by atoms with E-state index in [1.54, 1.807) is 7.05 Å². The summed E-state index contributed by atoms with van der Waals surface area (Å²) in [6.45, 7) is 0.458. The van der Waals surface area contributed by atoms with Crippen LogP contribution in [0, 0.1) is 0 Å². The Morgan fingerprint density at radius 1 is 2.00 bits per heavy atom. The van der Waals surface area contributed by atoms with Gasteiger partial charge in [-0.1, -0.05) is 0 Å². The molecule has 2 nitrogen and oxygen atoms in total. The summed E-state index contributed by atoms with van der Waals surface area (Å²) in [5.41, 5.74) is 0. The van der Waals surface area contributed by atoms with E-state index in [4.69, 9.17) is 0 Å². The van der Waals surface area contributed by atoms with E-state index in [2.05, 4.69) is 5.32 Å². The molecule has 0 radical (unpaired) electrons. The van der Waals surface area contributed by atoms with E-state index in [0.717, 1.165) is 6.29 Å². The lowest BCUT2D eigenvalue weighted by atomic mass is 10.7. The fourth-order valence-electron chi connectivity index (χ4n) is 0.0833. The molecule has 0 bridgehead atoms. The second kappa shape index (κ2) is 3.63. The maximum atomic E-state index is 9.34. The summed E-state index contributed by atoms with van der Waals surface area (Å²) in [6.07, 6.45) is 0.819. The molecule has 2 heteroatoms. The monoisotopic (exact) mass is 73.1 g/mol. The van der Waals surface area contributed by atoms with Crippen LogP contribution in [0.5, 0.6) is 0 Å². The predicted molar refractivity (Wildman–Crippen MR) is 20.0 cm³/mol. The SMILES string of the molecule is CNCC=O. The van der Waals surface area contributed by atoms with E-state index in [-0.39, 0.29) is 0 Å². The first kappa shape index (κ1) is 4.63. The second-order valence-corrected chi connectivity index (χ2v) is 0.724. The Balaban J connectivity index is 2.40. The quantitative estimate of drug-likeness (QED) is 0.442. The van der Waals surface area contributed by atoms with Gasteiger partial charge in [0.15, 0.2) is 0 Å². The molecular formula is C3H7NO. The highest BCUT2D eigenvalue weighted by atomic mass is 16.1. The lowest BCUT2D eigenvalue weighted by molar-refractivity contribution is -0.107. The van der Waals surface area contributed by atoms with Crippen molar-refractivity contribution in [1.29, 1.82) is 0 Å². The number of carbonyl (C=O) groups is 1. The van der Waals surface area contributed by atoms with Gasteiger partial charge in [0.05, 0.1) is 6.54 Å². The molecule has 0 aliphatic heterocycles. The summed E-state index contributed by atoms with van der Waals surface area (Å²) in [4.78, 5) is 9.34. The first-order chi connectivity index (χ1) is 2.41. The molecule has 30 valence electrons. The van der Waals surface area contributed by atoms with Crippen LogP contribution in [0.3, 0.4) is 0 Å². The fourth-order valence-corrected chi connectivity index (χ4v) is 0.0833. The first-order valence-corrected chi connectivity index (χ1v) is 1.50. The van der Waals surface area contributed by atoms with Gasteiger partial charge in [0.1, 0.15) is 6.29 Å². The van der Waals surface area contributed by atoms with Crippen molar-refractivity contribution in [2.24, 2.45) is 0 Å². The number of aldehydes is 1. The van der Waals surface area contributed by atoms with Gasteiger partial charge in [-0.25, -0.2) is 0 Å². The Hall–Kier alpha value is -0.370. The van der Waals surface area contributed by atoms with Gasteiger partial charge in [0.2, 0.25) is 0 Å². The molecule has 0 saturated heterocycles. The van der Waals surface area contributed by atoms with Crippen molar-refractivity contribution in [3.05, 3.63) is 0 Å². The molecule has 0 atom stereocenters. The van der Waals surface area contributed by atoms with Crippen molar-refractivity contribution in [2.45, 2.75) is 0 Å². The molecule has 0 unspecified atom stereocenters. The molecule has 0 aromatic heterocycles. The topological polar surface area (TPSA) is 29.1 Å². The standard InChI is InChI=1S/C3H7NO/c1-4-2-3-5/h3-4H,2H2,1H3. The van der Waals surface area contributed by atoms with Gasteiger partial charge in [0.25, 0.3) is 0 Å². The molecule has 0 aromatic carbocycles. The summed E-state index contributed by atoms with van der Waals surface area (Å²) >= 11 is 0. The molecule has 0 heterocycles. The molecule has 0 amide bonds. The van der Waals surface area contributed by atoms with Crippen LogP contribution in [-0.2, 0) is 4.79 Å². The summed E-state index contributed by atoms with van der Waals surface area (Å²) < 4.78 is 0. The summed E-state index contributed by atoms with van der Waals surface area (Å²) in [6, 6.07) is 0. The van der Waals surface area contributed by atoms with Crippen molar-refractivity contribution in [2.75, 3.05) is 13.6 Å². The molecule has 0 aromatic rings. The van der Waals surface area contributed by atoms with Gasteiger partial charge in [-0.15, -0.1) is 0 Å². The maximum absolute atomic E-state index is 9.34. The van der Waals surface area contributed by atoms with Crippen molar-refractivity contribution in [3.8, 4) is 0 Å². The Bertz CT molecular complexity index is 28.1. The van der Waals surface area contributed by atoms with E-state index in [1.165, 1.54) is 0 Å². The lowest BCUT2D eigenvalue weighted by Crippen LogP contribution is -2.07. The van der Waals surface area contributed by atoms with Gasteiger partial charge in [-0.3, -0.25) is 0 Å². The van der Waals surface area contributed by atoms with Crippen molar-refractivity contribution >= 4 is 6.29 Å². The number of rotatable bonds is 2. The average molecular weight is 73.1 g/mol. The van der Waals surface area contributed by atoms with Gasteiger partial charge >= 0.3 is 0 Å². The number of hydrogen-bond acceptors (Lipinski definition) is 2. The zero-order valence-electron chi connectivity index (χ0n) is 3.19. The van der Waals surface area contributed by atoms with Gasteiger partial charge in [-0.05, 0) is 7.05 Å². The van der Waals surface area contributed by atoms with Crippen molar-refractivity contribution < 1.29 is 4.79 Å². The Labute approximate surface area is 31.2 Å². The number of nitrogens with one attached hydrogen (secondary N) is 1. The van der Waals surface area contributed by atoms with Crippen LogP contribution < -0.4 is 5.32 Å². The van der Waals surface area contributed by atoms with Crippen LogP contribution in [0.2, 0.25) is 0 Å². The molecule has 0 rings (SSSR count). The van der Waals surface area contributed by atoms with Crippen LogP contribution in [0.15, 0.2) is 0 Å². The number of likely N-dealkylation sites (N-methyl/N-ethyl adjacent to an activating group) is 1. The Morgan fingerprint density at radius 3 is 2.60 bits per heavy atom. The van der Waals surface area contributed by atoms with Crippen LogP contribution in [-0.4, -0.2) is 19.9 Å². The van der Waals surface area contributed by atoms with E-state index in [1.807, 2.05) is 0 Å². The predicted octanol–water partition coefficient (Wildman–Crippen LogP) is -0.595. The average Bonchev–Trinajstić information content (AvgIpc) is 1.41. The van der Waals surface area contributed by atoms with E-state index in [9.17, 15) is 4.79 Å². The van der Waals surface area contributed by atoms with Gasteiger partial charge in [-0.2, -0.15) is 0 Å².